The summed E-state index contributed by atoms with van der Waals surface area (Å²) in [5.41, 5.74) is 5.80. The van der Waals surface area contributed by atoms with Gasteiger partial charge in [0.05, 0.1) is 7.11 Å². The monoisotopic (exact) mass is 416 g/mol. The Morgan fingerprint density at radius 2 is 1.81 bits per heavy atom. The minimum absolute atomic E-state index is 0.0236. The molecule has 1 N–H and O–H groups in total. The molecular formula is C26H28N2O3. The second kappa shape index (κ2) is 10.5. The van der Waals surface area contributed by atoms with Crippen molar-refractivity contribution in [2.45, 2.75) is 39.7 Å². The van der Waals surface area contributed by atoms with Gasteiger partial charge in [-0.25, -0.2) is 0 Å². The van der Waals surface area contributed by atoms with Crippen LogP contribution in [0.3, 0.4) is 0 Å². The maximum absolute atomic E-state index is 12.7. The van der Waals surface area contributed by atoms with Crippen LogP contribution < -0.4 is 10.1 Å². The number of pyridine rings is 1. The fourth-order valence-corrected chi connectivity index (χ4v) is 3.54. The summed E-state index contributed by atoms with van der Waals surface area (Å²) in [6.07, 6.45) is 4.63. The van der Waals surface area contributed by atoms with Crippen molar-refractivity contribution in [2.75, 3.05) is 7.11 Å². The van der Waals surface area contributed by atoms with E-state index in [4.69, 9.17) is 4.74 Å². The number of amides is 1. The number of carbonyl (C=O) groups is 2. The third kappa shape index (κ3) is 5.79. The second-order valence-electron chi connectivity index (χ2n) is 7.47. The highest BCUT2D eigenvalue weighted by Crippen LogP contribution is 2.28. The van der Waals surface area contributed by atoms with E-state index in [-0.39, 0.29) is 24.5 Å². The Balaban J connectivity index is 1.61. The highest BCUT2D eigenvalue weighted by molar-refractivity contribution is 5.99. The van der Waals surface area contributed by atoms with Crippen molar-refractivity contribution in [1.82, 2.24) is 10.3 Å². The highest BCUT2D eigenvalue weighted by Gasteiger charge is 2.13. The molecule has 0 fully saturated rings. The quantitative estimate of drug-likeness (QED) is 0.504. The Morgan fingerprint density at radius 3 is 2.48 bits per heavy atom. The van der Waals surface area contributed by atoms with E-state index in [0.717, 1.165) is 40.0 Å². The molecule has 5 heteroatoms. The molecule has 0 atom stereocenters. The van der Waals surface area contributed by atoms with Crippen LogP contribution in [-0.4, -0.2) is 23.8 Å². The summed E-state index contributed by atoms with van der Waals surface area (Å²) in [6.45, 7) is 4.45. The highest BCUT2D eigenvalue weighted by atomic mass is 16.5. The summed E-state index contributed by atoms with van der Waals surface area (Å²) < 4.78 is 5.41. The summed E-state index contributed by atoms with van der Waals surface area (Å²) in [5, 5.41) is 2.83. The van der Waals surface area contributed by atoms with E-state index in [2.05, 4.69) is 23.3 Å². The van der Waals surface area contributed by atoms with Crippen molar-refractivity contribution in [1.29, 1.82) is 0 Å². The Hall–Kier alpha value is -3.47. The van der Waals surface area contributed by atoms with Gasteiger partial charge in [0, 0.05) is 37.3 Å². The summed E-state index contributed by atoms with van der Waals surface area (Å²) in [6, 6.07) is 15.7. The molecule has 0 aliphatic carbocycles. The van der Waals surface area contributed by atoms with Gasteiger partial charge in [-0.2, -0.15) is 0 Å². The SMILES string of the molecule is CCc1cc(-c2ccc(C(=O)CCC(=O)NCc3cccnc3)c(C)c2)ccc1OC. The normalized spacial score (nSPS) is 10.5. The van der Waals surface area contributed by atoms with E-state index in [1.165, 1.54) is 0 Å². The van der Waals surface area contributed by atoms with Gasteiger partial charge in [0.15, 0.2) is 5.78 Å². The van der Waals surface area contributed by atoms with Crippen LogP contribution in [0.5, 0.6) is 5.75 Å². The zero-order chi connectivity index (χ0) is 22.2. The molecule has 0 saturated heterocycles. The molecule has 1 amide bonds. The molecular weight excluding hydrogens is 388 g/mol. The fraction of sp³-hybridized carbons (Fsp3) is 0.269. The minimum atomic E-state index is -0.142. The number of benzene rings is 2. The zero-order valence-electron chi connectivity index (χ0n) is 18.3. The Kier molecular flexibility index (Phi) is 7.55. The number of ketones is 1. The summed E-state index contributed by atoms with van der Waals surface area (Å²) in [5.74, 6) is 0.720. The number of nitrogens with zero attached hydrogens (tertiary/aromatic N) is 1. The molecule has 0 radical (unpaired) electrons. The average molecular weight is 417 g/mol. The van der Waals surface area contributed by atoms with Crippen molar-refractivity contribution in [3.63, 3.8) is 0 Å². The molecule has 1 aromatic heterocycles. The number of rotatable bonds is 9. The van der Waals surface area contributed by atoms with Crippen LogP contribution in [0.2, 0.25) is 0 Å². The topological polar surface area (TPSA) is 68.3 Å². The molecule has 0 spiro atoms. The lowest BCUT2D eigenvalue weighted by Crippen LogP contribution is -2.23. The Labute approximate surface area is 183 Å². The van der Waals surface area contributed by atoms with Gasteiger partial charge in [-0.15, -0.1) is 0 Å². The molecule has 3 aromatic rings. The minimum Gasteiger partial charge on any atom is -0.496 e. The van der Waals surface area contributed by atoms with E-state index in [0.29, 0.717) is 12.1 Å². The summed E-state index contributed by atoms with van der Waals surface area (Å²) in [4.78, 5) is 28.8. The predicted octanol–water partition coefficient (Wildman–Crippen LogP) is 4.91. The van der Waals surface area contributed by atoms with Gasteiger partial charge in [-0.1, -0.05) is 37.3 Å². The molecule has 0 bridgehead atoms. The third-order valence-electron chi connectivity index (χ3n) is 5.31. The van der Waals surface area contributed by atoms with Crippen molar-refractivity contribution in [3.05, 3.63) is 83.2 Å². The number of aryl methyl sites for hydroxylation is 2. The van der Waals surface area contributed by atoms with Gasteiger partial charge in [0.25, 0.3) is 0 Å². The van der Waals surface area contributed by atoms with Crippen LogP contribution in [0.15, 0.2) is 60.9 Å². The molecule has 5 nitrogen and oxygen atoms in total. The summed E-state index contributed by atoms with van der Waals surface area (Å²) in [7, 11) is 1.68. The molecule has 31 heavy (non-hydrogen) atoms. The van der Waals surface area contributed by atoms with Crippen molar-refractivity contribution in [3.8, 4) is 16.9 Å². The van der Waals surface area contributed by atoms with Crippen LogP contribution in [0.1, 0.15) is 46.8 Å². The van der Waals surface area contributed by atoms with Gasteiger partial charge in [-0.05, 0) is 59.4 Å². The second-order valence-corrected chi connectivity index (χ2v) is 7.47. The Bertz CT molecular complexity index is 1060. The number of ether oxygens (including phenoxy) is 1. The molecule has 160 valence electrons. The average Bonchev–Trinajstić information content (AvgIpc) is 2.81. The number of methoxy groups -OCH3 is 1. The van der Waals surface area contributed by atoms with Gasteiger partial charge < -0.3 is 10.1 Å². The van der Waals surface area contributed by atoms with E-state index in [9.17, 15) is 9.59 Å². The van der Waals surface area contributed by atoms with Crippen LogP contribution in [-0.2, 0) is 17.8 Å². The van der Waals surface area contributed by atoms with Crippen molar-refractivity contribution >= 4 is 11.7 Å². The number of aromatic nitrogens is 1. The molecule has 0 unspecified atom stereocenters. The molecule has 0 aliphatic heterocycles. The van der Waals surface area contributed by atoms with Gasteiger partial charge in [0.2, 0.25) is 5.91 Å². The molecule has 0 saturated carbocycles. The van der Waals surface area contributed by atoms with Gasteiger partial charge in [0.1, 0.15) is 5.75 Å². The van der Waals surface area contributed by atoms with Crippen molar-refractivity contribution in [2.24, 2.45) is 0 Å². The molecule has 3 rings (SSSR count). The summed E-state index contributed by atoms with van der Waals surface area (Å²) >= 11 is 0. The maximum atomic E-state index is 12.7. The van der Waals surface area contributed by atoms with E-state index < -0.39 is 0 Å². The standard InChI is InChI=1S/C26H28N2O3/c1-4-20-15-22(8-11-25(20)31-3)21-7-9-23(18(2)14-21)24(29)10-12-26(30)28-17-19-6-5-13-27-16-19/h5-9,11,13-16H,4,10,12,17H2,1-3H3,(H,28,30). The third-order valence-corrected chi connectivity index (χ3v) is 5.31. The van der Waals surface area contributed by atoms with E-state index in [1.54, 1.807) is 19.5 Å². The lowest BCUT2D eigenvalue weighted by Gasteiger charge is -2.12. The lowest BCUT2D eigenvalue weighted by atomic mass is 9.95. The first-order valence-corrected chi connectivity index (χ1v) is 10.5. The number of carbonyl (C=O) groups excluding carboxylic acids is 2. The number of Topliss-reactive ketones (excluding diaryl/α,β-unsaturated/α-hetero) is 1. The number of nitrogens with one attached hydrogen (secondary N) is 1. The van der Waals surface area contributed by atoms with Crippen LogP contribution in [0.25, 0.3) is 11.1 Å². The predicted molar refractivity (Wildman–Crippen MR) is 122 cm³/mol. The van der Waals surface area contributed by atoms with Crippen LogP contribution in [0.4, 0.5) is 0 Å². The van der Waals surface area contributed by atoms with Crippen LogP contribution in [0, 0.1) is 6.92 Å². The number of hydrogen-bond donors (Lipinski definition) is 1. The molecule has 2 aromatic carbocycles. The van der Waals surface area contributed by atoms with Crippen molar-refractivity contribution < 1.29 is 14.3 Å². The molecule has 1 heterocycles. The zero-order valence-corrected chi connectivity index (χ0v) is 18.3. The van der Waals surface area contributed by atoms with E-state index >= 15 is 0 Å². The number of hydrogen-bond acceptors (Lipinski definition) is 4. The Morgan fingerprint density at radius 1 is 1.03 bits per heavy atom. The van der Waals surface area contributed by atoms with Gasteiger partial charge >= 0.3 is 0 Å². The van der Waals surface area contributed by atoms with Crippen LogP contribution >= 0.6 is 0 Å². The van der Waals surface area contributed by atoms with Gasteiger partial charge in [-0.3, -0.25) is 14.6 Å². The smallest absolute Gasteiger partial charge is 0.220 e. The first-order chi connectivity index (χ1) is 15.0. The first-order valence-electron chi connectivity index (χ1n) is 10.5. The first kappa shape index (κ1) is 22.2. The maximum Gasteiger partial charge on any atom is 0.220 e. The fourth-order valence-electron chi connectivity index (χ4n) is 3.54. The molecule has 0 aliphatic rings. The van der Waals surface area contributed by atoms with E-state index in [1.807, 2.05) is 49.4 Å². The largest absolute Gasteiger partial charge is 0.496 e. The lowest BCUT2D eigenvalue weighted by molar-refractivity contribution is -0.121.